The Hall–Kier alpha value is -2.04. The largest absolute Gasteiger partial charge is 0.497 e. The summed E-state index contributed by atoms with van der Waals surface area (Å²) in [6.07, 6.45) is 0.619. The highest BCUT2D eigenvalue weighted by molar-refractivity contribution is 5.98. The molecule has 0 aromatic heterocycles. The van der Waals surface area contributed by atoms with Crippen LogP contribution < -0.4 is 10.1 Å². The van der Waals surface area contributed by atoms with Gasteiger partial charge in [-0.25, -0.2) is 0 Å². The summed E-state index contributed by atoms with van der Waals surface area (Å²) >= 11 is 0. The van der Waals surface area contributed by atoms with E-state index in [1.54, 1.807) is 36.3 Å². The van der Waals surface area contributed by atoms with Crippen LogP contribution in [0.2, 0.25) is 0 Å². The number of carbonyl (C=O) groups excluding carboxylic acids is 2. The first-order valence-corrected chi connectivity index (χ1v) is 6.40. The number of nitrogens with zero attached hydrogens (tertiary/aromatic N) is 1. The molecule has 0 radical (unpaired) electrons. The van der Waals surface area contributed by atoms with E-state index in [2.05, 4.69) is 5.32 Å². The van der Waals surface area contributed by atoms with E-state index in [1.807, 2.05) is 6.92 Å². The third-order valence-electron chi connectivity index (χ3n) is 3.32. The predicted molar refractivity (Wildman–Crippen MR) is 71.1 cm³/mol. The van der Waals surface area contributed by atoms with E-state index in [9.17, 15) is 9.59 Å². The van der Waals surface area contributed by atoms with Crippen LogP contribution in [0.4, 0.5) is 0 Å². The smallest absolute Gasteiger partial charge is 0.254 e. The molecule has 1 atom stereocenters. The van der Waals surface area contributed by atoms with Gasteiger partial charge in [0.2, 0.25) is 5.91 Å². The summed E-state index contributed by atoms with van der Waals surface area (Å²) in [6.45, 7) is 2.97. The number of methoxy groups -OCH3 is 1. The number of nitrogens with one attached hydrogen (secondary N) is 1. The fourth-order valence-corrected chi connectivity index (χ4v) is 2.26. The van der Waals surface area contributed by atoms with Gasteiger partial charge in [0, 0.05) is 18.7 Å². The second-order valence-electron chi connectivity index (χ2n) is 4.44. The van der Waals surface area contributed by atoms with Crippen LogP contribution in [-0.4, -0.2) is 43.0 Å². The van der Waals surface area contributed by atoms with Gasteiger partial charge in [0.25, 0.3) is 5.91 Å². The number of hydrogen-bond donors (Lipinski definition) is 1. The van der Waals surface area contributed by atoms with Gasteiger partial charge in [0.15, 0.2) is 0 Å². The Bertz CT molecular complexity index is 470. The SMILES string of the molecule is CCC1C(=O)NCCN1C(=O)c1ccc(OC)cc1. The fraction of sp³-hybridized carbons (Fsp3) is 0.429. The monoisotopic (exact) mass is 262 g/mol. The van der Waals surface area contributed by atoms with Crippen LogP contribution in [0.3, 0.4) is 0 Å². The molecule has 5 heteroatoms. The molecule has 1 aliphatic rings. The second kappa shape index (κ2) is 5.73. The number of hydrogen-bond acceptors (Lipinski definition) is 3. The molecule has 102 valence electrons. The van der Waals surface area contributed by atoms with E-state index < -0.39 is 0 Å². The summed E-state index contributed by atoms with van der Waals surface area (Å²) in [5.41, 5.74) is 0.578. The summed E-state index contributed by atoms with van der Waals surface area (Å²) in [5.74, 6) is 0.528. The molecule has 1 fully saturated rings. The van der Waals surface area contributed by atoms with Crippen LogP contribution in [-0.2, 0) is 4.79 Å². The average molecular weight is 262 g/mol. The lowest BCUT2D eigenvalue weighted by Gasteiger charge is -2.34. The van der Waals surface area contributed by atoms with Crippen molar-refractivity contribution in [2.24, 2.45) is 0 Å². The maximum absolute atomic E-state index is 12.4. The van der Waals surface area contributed by atoms with Crippen molar-refractivity contribution in [3.05, 3.63) is 29.8 Å². The van der Waals surface area contributed by atoms with Crippen molar-refractivity contribution in [3.8, 4) is 5.75 Å². The van der Waals surface area contributed by atoms with E-state index >= 15 is 0 Å². The van der Waals surface area contributed by atoms with E-state index in [0.717, 1.165) is 0 Å². The molecule has 1 aromatic rings. The lowest BCUT2D eigenvalue weighted by molar-refractivity contribution is -0.127. The molecule has 1 saturated heterocycles. The molecule has 0 saturated carbocycles. The van der Waals surface area contributed by atoms with Gasteiger partial charge < -0.3 is 15.0 Å². The highest BCUT2D eigenvalue weighted by atomic mass is 16.5. The first-order chi connectivity index (χ1) is 9.17. The zero-order valence-corrected chi connectivity index (χ0v) is 11.2. The number of carbonyl (C=O) groups is 2. The summed E-state index contributed by atoms with van der Waals surface area (Å²) in [5, 5.41) is 2.78. The molecular formula is C14H18N2O3. The Morgan fingerprint density at radius 3 is 2.68 bits per heavy atom. The Morgan fingerprint density at radius 2 is 2.11 bits per heavy atom. The van der Waals surface area contributed by atoms with Gasteiger partial charge in [-0.1, -0.05) is 6.92 Å². The van der Waals surface area contributed by atoms with Gasteiger partial charge in [-0.05, 0) is 30.7 Å². The van der Waals surface area contributed by atoms with Crippen LogP contribution in [0.15, 0.2) is 24.3 Å². The maximum atomic E-state index is 12.4. The van der Waals surface area contributed by atoms with E-state index in [-0.39, 0.29) is 17.9 Å². The van der Waals surface area contributed by atoms with Gasteiger partial charge in [0.05, 0.1) is 7.11 Å². The molecule has 2 amide bonds. The van der Waals surface area contributed by atoms with E-state index in [4.69, 9.17) is 4.74 Å². The van der Waals surface area contributed by atoms with Crippen LogP contribution in [0.5, 0.6) is 5.75 Å². The lowest BCUT2D eigenvalue weighted by Crippen LogP contribution is -2.56. The number of piperazine rings is 1. The summed E-state index contributed by atoms with van der Waals surface area (Å²) < 4.78 is 5.06. The third kappa shape index (κ3) is 2.70. The van der Waals surface area contributed by atoms with Crippen molar-refractivity contribution < 1.29 is 14.3 Å². The molecule has 0 aliphatic carbocycles. The van der Waals surface area contributed by atoms with Crippen molar-refractivity contribution in [2.75, 3.05) is 20.2 Å². The first kappa shape index (κ1) is 13.4. The topological polar surface area (TPSA) is 58.6 Å². The molecule has 1 aliphatic heterocycles. The standard InChI is InChI=1S/C14H18N2O3/c1-3-12-13(17)15-8-9-16(12)14(18)10-4-6-11(19-2)7-5-10/h4-7,12H,3,8-9H2,1-2H3,(H,15,17). The van der Waals surface area contributed by atoms with Gasteiger partial charge in [-0.15, -0.1) is 0 Å². The zero-order chi connectivity index (χ0) is 13.8. The zero-order valence-electron chi connectivity index (χ0n) is 11.2. The predicted octanol–water partition coefficient (Wildman–Crippen LogP) is 1.05. The van der Waals surface area contributed by atoms with E-state index in [1.165, 1.54) is 0 Å². The van der Waals surface area contributed by atoms with Crippen LogP contribution in [0.1, 0.15) is 23.7 Å². The molecule has 1 aromatic carbocycles. The highest BCUT2D eigenvalue weighted by Crippen LogP contribution is 2.16. The van der Waals surface area contributed by atoms with Gasteiger partial charge >= 0.3 is 0 Å². The second-order valence-corrected chi connectivity index (χ2v) is 4.44. The van der Waals surface area contributed by atoms with Crippen molar-refractivity contribution in [1.82, 2.24) is 10.2 Å². The molecule has 19 heavy (non-hydrogen) atoms. The average Bonchev–Trinajstić information content (AvgIpc) is 2.46. The molecule has 0 bridgehead atoms. The summed E-state index contributed by atoms with van der Waals surface area (Å²) in [7, 11) is 1.58. The number of benzene rings is 1. The molecule has 1 N–H and O–H groups in total. The van der Waals surface area contributed by atoms with Crippen molar-refractivity contribution in [1.29, 1.82) is 0 Å². The number of ether oxygens (including phenoxy) is 1. The van der Waals surface area contributed by atoms with Gasteiger partial charge in [-0.2, -0.15) is 0 Å². The number of amides is 2. The maximum Gasteiger partial charge on any atom is 0.254 e. The quantitative estimate of drug-likeness (QED) is 0.885. The van der Waals surface area contributed by atoms with Gasteiger partial charge in [-0.3, -0.25) is 9.59 Å². The van der Waals surface area contributed by atoms with Crippen molar-refractivity contribution >= 4 is 11.8 Å². The minimum absolute atomic E-state index is 0.0735. The molecule has 5 nitrogen and oxygen atoms in total. The summed E-state index contributed by atoms with van der Waals surface area (Å²) in [6, 6.07) is 6.57. The Morgan fingerprint density at radius 1 is 1.42 bits per heavy atom. The molecule has 0 spiro atoms. The minimum Gasteiger partial charge on any atom is -0.497 e. The van der Waals surface area contributed by atoms with Gasteiger partial charge in [0.1, 0.15) is 11.8 Å². The molecule has 1 unspecified atom stereocenters. The first-order valence-electron chi connectivity index (χ1n) is 6.40. The Balaban J connectivity index is 2.19. The van der Waals surface area contributed by atoms with Crippen molar-refractivity contribution in [3.63, 3.8) is 0 Å². The van der Waals surface area contributed by atoms with Crippen LogP contribution in [0.25, 0.3) is 0 Å². The Labute approximate surface area is 112 Å². The third-order valence-corrected chi connectivity index (χ3v) is 3.32. The minimum atomic E-state index is -0.372. The fourth-order valence-electron chi connectivity index (χ4n) is 2.26. The molecular weight excluding hydrogens is 244 g/mol. The highest BCUT2D eigenvalue weighted by Gasteiger charge is 2.31. The van der Waals surface area contributed by atoms with Crippen LogP contribution >= 0.6 is 0 Å². The van der Waals surface area contributed by atoms with E-state index in [0.29, 0.717) is 30.8 Å². The Kier molecular flexibility index (Phi) is 4.04. The molecule has 2 rings (SSSR count). The molecule has 1 heterocycles. The van der Waals surface area contributed by atoms with Crippen LogP contribution in [0, 0.1) is 0 Å². The van der Waals surface area contributed by atoms with Crippen molar-refractivity contribution in [2.45, 2.75) is 19.4 Å². The lowest BCUT2D eigenvalue weighted by atomic mass is 10.1. The normalized spacial score (nSPS) is 18.9. The number of rotatable bonds is 3. The summed E-state index contributed by atoms with van der Waals surface area (Å²) in [4.78, 5) is 25.8.